The van der Waals surface area contributed by atoms with Crippen LogP contribution in [-0.2, 0) is 11.2 Å². The number of hydrogen-bond acceptors (Lipinski definition) is 6. The second-order valence-corrected chi connectivity index (χ2v) is 7.63. The summed E-state index contributed by atoms with van der Waals surface area (Å²) in [6.45, 7) is 0. The maximum atomic E-state index is 12.4. The number of rotatable bonds is 6. The minimum atomic E-state index is -0.185. The van der Waals surface area contributed by atoms with Crippen molar-refractivity contribution in [1.29, 1.82) is 0 Å². The van der Waals surface area contributed by atoms with Gasteiger partial charge in [0.2, 0.25) is 0 Å². The summed E-state index contributed by atoms with van der Waals surface area (Å²) in [5, 5.41) is 5.24. The lowest BCUT2D eigenvalue weighted by molar-refractivity contribution is 0.0373. The molecule has 1 aliphatic carbocycles. The molecule has 2 aromatic rings. The Hall–Kier alpha value is -1.31. The summed E-state index contributed by atoms with van der Waals surface area (Å²) in [6, 6.07) is 0. The van der Waals surface area contributed by atoms with Gasteiger partial charge in [0.05, 0.1) is 11.6 Å². The molecule has 0 aliphatic heterocycles. The van der Waals surface area contributed by atoms with Gasteiger partial charge in [0.25, 0.3) is 5.91 Å². The molecule has 0 radical (unpaired) electrons. The number of thiazole rings is 2. The minimum absolute atomic E-state index is 0.169. The molecule has 0 spiro atoms. The highest BCUT2D eigenvalue weighted by atomic mass is 32.1. The van der Waals surface area contributed by atoms with Gasteiger partial charge in [-0.15, -0.1) is 22.7 Å². The number of anilines is 1. The number of methoxy groups -OCH3 is 1. The average Bonchev–Trinajstić information content (AvgIpc) is 3.24. The van der Waals surface area contributed by atoms with Crippen molar-refractivity contribution in [2.24, 2.45) is 5.92 Å². The molecule has 1 aliphatic rings. The summed E-state index contributed by atoms with van der Waals surface area (Å²) in [6.07, 6.45) is 8.93. The zero-order valence-electron chi connectivity index (χ0n) is 13.2. The van der Waals surface area contributed by atoms with Gasteiger partial charge in [-0.25, -0.2) is 9.97 Å². The van der Waals surface area contributed by atoms with E-state index in [2.05, 4.69) is 15.3 Å². The number of nitrogens with zero attached hydrogens (tertiary/aromatic N) is 2. The number of nitrogens with one attached hydrogen (secondary N) is 1. The van der Waals surface area contributed by atoms with Crippen LogP contribution in [0.2, 0.25) is 0 Å². The first-order valence-electron chi connectivity index (χ1n) is 7.94. The fourth-order valence-corrected chi connectivity index (χ4v) is 4.50. The van der Waals surface area contributed by atoms with Gasteiger partial charge in [0.1, 0.15) is 5.69 Å². The van der Waals surface area contributed by atoms with Crippen molar-refractivity contribution in [2.45, 2.75) is 44.6 Å². The third-order valence-corrected chi connectivity index (χ3v) is 5.92. The first kappa shape index (κ1) is 16.5. The average molecular weight is 351 g/mol. The summed E-state index contributed by atoms with van der Waals surface area (Å²) < 4.78 is 5.74. The van der Waals surface area contributed by atoms with Crippen LogP contribution in [0.15, 0.2) is 17.1 Å². The summed E-state index contributed by atoms with van der Waals surface area (Å²) in [5.41, 5.74) is 2.24. The molecule has 5 nitrogen and oxygen atoms in total. The number of carbonyl (C=O) groups excluding carboxylic acids is 1. The van der Waals surface area contributed by atoms with Crippen molar-refractivity contribution in [3.63, 3.8) is 0 Å². The summed E-state index contributed by atoms with van der Waals surface area (Å²) >= 11 is 2.93. The van der Waals surface area contributed by atoms with Crippen molar-refractivity contribution in [2.75, 3.05) is 12.4 Å². The van der Waals surface area contributed by atoms with Crippen LogP contribution in [0.1, 0.15) is 47.5 Å². The van der Waals surface area contributed by atoms with Gasteiger partial charge in [-0.2, -0.15) is 0 Å². The summed E-state index contributed by atoms with van der Waals surface area (Å²) in [5.74, 6) is 0.403. The highest BCUT2D eigenvalue weighted by Gasteiger charge is 2.26. The molecule has 23 heavy (non-hydrogen) atoms. The zero-order chi connectivity index (χ0) is 16.1. The van der Waals surface area contributed by atoms with Crippen molar-refractivity contribution in [1.82, 2.24) is 9.97 Å². The van der Waals surface area contributed by atoms with Crippen molar-refractivity contribution >= 4 is 33.7 Å². The number of hydrogen-bond donors (Lipinski definition) is 1. The van der Waals surface area contributed by atoms with Gasteiger partial charge in [0.15, 0.2) is 5.13 Å². The maximum Gasteiger partial charge on any atom is 0.277 e. The first-order chi connectivity index (χ1) is 11.3. The molecule has 2 heterocycles. The van der Waals surface area contributed by atoms with E-state index < -0.39 is 0 Å². The molecule has 3 rings (SSSR count). The normalized spacial score (nSPS) is 17.1. The molecule has 1 unspecified atom stereocenters. The number of aromatic nitrogens is 2. The van der Waals surface area contributed by atoms with Gasteiger partial charge in [-0.3, -0.25) is 10.1 Å². The molecule has 0 aromatic carbocycles. The lowest BCUT2D eigenvalue weighted by Crippen LogP contribution is -2.28. The van der Waals surface area contributed by atoms with E-state index in [1.807, 2.05) is 5.38 Å². The van der Waals surface area contributed by atoms with E-state index in [0.717, 1.165) is 11.3 Å². The van der Waals surface area contributed by atoms with E-state index in [0.29, 0.717) is 16.7 Å². The third-order valence-electron chi connectivity index (χ3n) is 4.37. The predicted molar refractivity (Wildman–Crippen MR) is 93.3 cm³/mol. The Bertz CT molecular complexity index is 621. The van der Waals surface area contributed by atoms with E-state index in [1.54, 1.807) is 18.8 Å². The quantitative estimate of drug-likeness (QED) is 0.855. The molecule has 7 heteroatoms. The maximum absolute atomic E-state index is 12.4. The molecule has 1 fully saturated rings. The molecular formula is C16H21N3O2S2. The number of carbonyl (C=O) groups is 1. The smallest absolute Gasteiger partial charge is 0.277 e. The van der Waals surface area contributed by atoms with E-state index in [9.17, 15) is 4.79 Å². The van der Waals surface area contributed by atoms with Crippen molar-refractivity contribution in [3.05, 3.63) is 27.7 Å². The van der Waals surface area contributed by atoms with E-state index in [-0.39, 0.29) is 12.0 Å². The Kier molecular flexibility index (Phi) is 5.75. The number of ether oxygens (including phenoxy) is 1. The highest BCUT2D eigenvalue weighted by molar-refractivity contribution is 7.13. The van der Waals surface area contributed by atoms with Crippen LogP contribution < -0.4 is 5.32 Å². The van der Waals surface area contributed by atoms with Crippen LogP contribution in [-0.4, -0.2) is 29.1 Å². The first-order valence-corrected chi connectivity index (χ1v) is 9.70. The highest BCUT2D eigenvalue weighted by Crippen LogP contribution is 2.31. The molecule has 0 bridgehead atoms. The van der Waals surface area contributed by atoms with Gasteiger partial charge >= 0.3 is 0 Å². The fraction of sp³-hybridized carbons (Fsp3) is 0.562. The van der Waals surface area contributed by atoms with Crippen LogP contribution in [0.3, 0.4) is 0 Å². The topological polar surface area (TPSA) is 64.1 Å². The largest absolute Gasteiger partial charge is 0.381 e. The third kappa shape index (κ3) is 4.16. The molecule has 2 aromatic heterocycles. The van der Waals surface area contributed by atoms with Crippen molar-refractivity contribution in [3.8, 4) is 0 Å². The molecule has 0 saturated heterocycles. The Morgan fingerprint density at radius 2 is 2.17 bits per heavy atom. The second kappa shape index (κ2) is 7.99. The van der Waals surface area contributed by atoms with E-state index in [1.165, 1.54) is 54.8 Å². The molecule has 124 valence electrons. The van der Waals surface area contributed by atoms with Crippen LogP contribution >= 0.6 is 22.7 Å². The standard InChI is InChI=1S/C16H21N3O2S2/c1-21-12(11-5-3-2-4-6-11)9-13-14(18-10-23-13)15(20)19-16-17-7-8-22-16/h7-8,10-12H,2-6,9H2,1H3,(H,17,19,20). The molecule has 1 saturated carbocycles. The van der Waals surface area contributed by atoms with E-state index >= 15 is 0 Å². The van der Waals surface area contributed by atoms with Crippen LogP contribution in [0, 0.1) is 5.92 Å². The molecule has 1 atom stereocenters. The van der Waals surface area contributed by atoms with Gasteiger partial charge in [0, 0.05) is 30.0 Å². The number of amides is 1. The summed E-state index contributed by atoms with van der Waals surface area (Å²) in [7, 11) is 1.77. The van der Waals surface area contributed by atoms with Gasteiger partial charge in [-0.05, 0) is 18.8 Å². The predicted octanol–water partition coefficient (Wildman–Crippen LogP) is 3.99. The van der Waals surface area contributed by atoms with Crippen LogP contribution in [0.25, 0.3) is 0 Å². The zero-order valence-corrected chi connectivity index (χ0v) is 14.8. The van der Waals surface area contributed by atoms with Gasteiger partial charge in [-0.1, -0.05) is 19.3 Å². The SMILES string of the molecule is COC(Cc1scnc1C(=O)Nc1nccs1)C1CCCCC1. The minimum Gasteiger partial charge on any atom is -0.381 e. The second-order valence-electron chi connectivity index (χ2n) is 5.79. The Labute approximate surface area is 144 Å². The lowest BCUT2D eigenvalue weighted by atomic mass is 9.84. The molecular weight excluding hydrogens is 330 g/mol. The monoisotopic (exact) mass is 351 g/mol. The van der Waals surface area contributed by atoms with Crippen LogP contribution in [0.4, 0.5) is 5.13 Å². The Morgan fingerprint density at radius 1 is 1.35 bits per heavy atom. The lowest BCUT2D eigenvalue weighted by Gasteiger charge is -2.29. The fourth-order valence-electron chi connectivity index (χ4n) is 3.17. The molecule has 1 N–H and O–H groups in total. The van der Waals surface area contributed by atoms with E-state index in [4.69, 9.17) is 4.74 Å². The molecule has 1 amide bonds. The summed E-state index contributed by atoms with van der Waals surface area (Å²) in [4.78, 5) is 21.7. The Balaban J connectivity index is 1.68. The van der Waals surface area contributed by atoms with Gasteiger partial charge < -0.3 is 4.74 Å². The van der Waals surface area contributed by atoms with Crippen LogP contribution in [0.5, 0.6) is 0 Å². The van der Waals surface area contributed by atoms with Crippen molar-refractivity contribution < 1.29 is 9.53 Å². The Morgan fingerprint density at radius 3 is 2.87 bits per heavy atom.